The van der Waals surface area contributed by atoms with Gasteiger partial charge in [-0.05, 0) is 54.3 Å². The molecule has 0 fully saturated rings. The van der Waals surface area contributed by atoms with Gasteiger partial charge in [-0.1, -0.05) is 55.5 Å². The summed E-state index contributed by atoms with van der Waals surface area (Å²) < 4.78 is 17.0. The normalized spacial score (nSPS) is 12.9. The summed E-state index contributed by atoms with van der Waals surface area (Å²) in [4.78, 5) is 19.5. The van der Waals surface area contributed by atoms with Gasteiger partial charge in [-0.15, -0.1) is 11.3 Å². The van der Waals surface area contributed by atoms with Gasteiger partial charge in [-0.25, -0.2) is 4.98 Å². The van der Waals surface area contributed by atoms with Crippen molar-refractivity contribution in [1.29, 1.82) is 0 Å². The lowest BCUT2D eigenvalue weighted by molar-refractivity contribution is 0.0934. The standard InChI is InChI=1S/C31H33N3O4S/c1-3-22(2)32-31(35)27-20-39-30(33-27)18-34(17-25-11-14-28-29(15-25)38-21-37-28)16-23-9-12-26(13-10-23)36-19-24-7-5-4-6-8-24/h4-15,20,22H,3,16-19,21H2,1-2H3,(H,32,35). The number of hydrogen-bond acceptors (Lipinski definition) is 7. The van der Waals surface area contributed by atoms with Gasteiger partial charge < -0.3 is 19.5 Å². The van der Waals surface area contributed by atoms with Crippen molar-refractivity contribution >= 4 is 17.2 Å². The summed E-state index contributed by atoms with van der Waals surface area (Å²) in [7, 11) is 0. The zero-order valence-corrected chi connectivity index (χ0v) is 23.1. The molecule has 202 valence electrons. The summed E-state index contributed by atoms with van der Waals surface area (Å²) in [6.07, 6.45) is 0.877. The molecule has 5 rings (SSSR count). The number of fused-ring (bicyclic) bond motifs is 1. The van der Waals surface area contributed by atoms with Crippen LogP contribution in [0.15, 0.2) is 78.2 Å². The van der Waals surface area contributed by atoms with Crippen molar-refractivity contribution < 1.29 is 19.0 Å². The van der Waals surface area contributed by atoms with Crippen LogP contribution in [0.3, 0.4) is 0 Å². The first-order valence-corrected chi connectivity index (χ1v) is 14.1. The Morgan fingerprint density at radius 3 is 2.51 bits per heavy atom. The van der Waals surface area contributed by atoms with Crippen LogP contribution in [0.4, 0.5) is 0 Å². The fraction of sp³-hybridized carbons (Fsp3) is 0.290. The van der Waals surface area contributed by atoms with Gasteiger partial charge >= 0.3 is 0 Å². The van der Waals surface area contributed by atoms with Gasteiger partial charge in [0.2, 0.25) is 6.79 Å². The number of carbonyl (C=O) groups is 1. The molecular formula is C31H33N3O4S. The van der Waals surface area contributed by atoms with Crippen LogP contribution in [0.25, 0.3) is 0 Å². The highest BCUT2D eigenvalue weighted by Gasteiger charge is 2.18. The van der Waals surface area contributed by atoms with Crippen LogP contribution < -0.4 is 19.5 Å². The maximum Gasteiger partial charge on any atom is 0.270 e. The topological polar surface area (TPSA) is 72.9 Å². The molecular weight excluding hydrogens is 510 g/mol. The molecule has 1 aromatic heterocycles. The number of ether oxygens (including phenoxy) is 3. The molecule has 1 aliphatic heterocycles. The number of amides is 1. The van der Waals surface area contributed by atoms with Crippen molar-refractivity contribution in [2.24, 2.45) is 0 Å². The van der Waals surface area contributed by atoms with E-state index in [1.54, 1.807) is 0 Å². The molecule has 1 N–H and O–H groups in total. The third-order valence-corrected chi connectivity index (χ3v) is 7.39. The average Bonchev–Trinajstić information content (AvgIpc) is 3.62. The summed E-state index contributed by atoms with van der Waals surface area (Å²) >= 11 is 1.51. The molecule has 1 atom stereocenters. The SMILES string of the molecule is CCC(C)NC(=O)c1csc(CN(Cc2ccc(OCc3ccccc3)cc2)Cc2ccc3c(c2)OCO3)n1. The van der Waals surface area contributed by atoms with Crippen molar-refractivity contribution in [1.82, 2.24) is 15.2 Å². The Morgan fingerprint density at radius 1 is 0.974 bits per heavy atom. The first-order chi connectivity index (χ1) is 19.1. The van der Waals surface area contributed by atoms with Crippen molar-refractivity contribution in [3.05, 3.63) is 106 Å². The Kier molecular flexibility index (Phi) is 8.75. The van der Waals surface area contributed by atoms with Gasteiger partial charge in [-0.2, -0.15) is 0 Å². The molecule has 0 aliphatic carbocycles. The summed E-state index contributed by atoms with van der Waals surface area (Å²) in [6, 6.07) is 24.5. The van der Waals surface area contributed by atoms with E-state index in [1.807, 2.05) is 61.7 Å². The molecule has 0 spiro atoms. The number of nitrogens with zero attached hydrogens (tertiary/aromatic N) is 2. The highest BCUT2D eigenvalue weighted by Crippen LogP contribution is 2.33. The average molecular weight is 544 g/mol. The molecule has 2 heterocycles. The molecule has 0 radical (unpaired) electrons. The van der Waals surface area contributed by atoms with E-state index in [1.165, 1.54) is 11.3 Å². The highest BCUT2D eigenvalue weighted by atomic mass is 32.1. The summed E-state index contributed by atoms with van der Waals surface area (Å²) in [5, 5.41) is 5.73. The van der Waals surface area contributed by atoms with Crippen molar-refractivity contribution in [3.63, 3.8) is 0 Å². The monoisotopic (exact) mass is 543 g/mol. The van der Waals surface area contributed by atoms with E-state index in [-0.39, 0.29) is 18.7 Å². The van der Waals surface area contributed by atoms with Crippen LogP contribution in [0, 0.1) is 0 Å². The van der Waals surface area contributed by atoms with Gasteiger partial charge in [0.15, 0.2) is 11.5 Å². The van der Waals surface area contributed by atoms with E-state index in [0.717, 1.165) is 45.4 Å². The van der Waals surface area contributed by atoms with Crippen LogP contribution in [0.1, 0.15) is 52.5 Å². The highest BCUT2D eigenvalue weighted by molar-refractivity contribution is 7.09. The van der Waals surface area contributed by atoms with Crippen LogP contribution in [0.5, 0.6) is 17.2 Å². The Bertz CT molecular complexity index is 1370. The van der Waals surface area contributed by atoms with E-state index < -0.39 is 0 Å². The predicted octanol–water partition coefficient (Wildman–Crippen LogP) is 6.18. The first kappa shape index (κ1) is 26.7. The molecule has 39 heavy (non-hydrogen) atoms. The molecule has 0 bridgehead atoms. The molecule has 1 amide bonds. The number of thiazole rings is 1. The lowest BCUT2D eigenvalue weighted by Gasteiger charge is -2.22. The quantitative estimate of drug-likeness (QED) is 0.230. The lowest BCUT2D eigenvalue weighted by atomic mass is 10.1. The second kappa shape index (κ2) is 12.8. The third-order valence-electron chi connectivity index (χ3n) is 6.55. The lowest BCUT2D eigenvalue weighted by Crippen LogP contribution is -2.32. The molecule has 8 heteroatoms. The van der Waals surface area contributed by atoms with Crippen LogP contribution >= 0.6 is 11.3 Å². The van der Waals surface area contributed by atoms with E-state index in [2.05, 4.69) is 45.5 Å². The molecule has 0 saturated carbocycles. The zero-order chi connectivity index (χ0) is 27.0. The number of carbonyl (C=O) groups excluding carboxylic acids is 1. The van der Waals surface area contributed by atoms with Gasteiger partial charge in [0, 0.05) is 24.5 Å². The predicted molar refractivity (Wildman–Crippen MR) is 152 cm³/mol. The van der Waals surface area contributed by atoms with Crippen LogP contribution in [0.2, 0.25) is 0 Å². The molecule has 1 aliphatic rings. The number of hydrogen-bond donors (Lipinski definition) is 1. The summed E-state index contributed by atoms with van der Waals surface area (Å²) in [5.41, 5.74) is 3.89. The molecule has 3 aromatic carbocycles. The molecule has 0 saturated heterocycles. The van der Waals surface area contributed by atoms with E-state index >= 15 is 0 Å². The van der Waals surface area contributed by atoms with E-state index in [4.69, 9.17) is 14.2 Å². The Morgan fingerprint density at radius 2 is 1.72 bits per heavy atom. The van der Waals surface area contributed by atoms with E-state index in [9.17, 15) is 4.79 Å². The number of benzene rings is 3. The van der Waals surface area contributed by atoms with Gasteiger partial charge in [0.05, 0.1) is 6.54 Å². The molecule has 7 nitrogen and oxygen atoms in total. The Labute approximate surface area is 233 Å². The van der Waals surface area contributed by atoms with E-state index in [0.29, 0.717) is 31.9 Å². The van der Waals surface area contributed by atoms with Crippen LogP contribution in [-0.4, -0.2) is 28.6 Å². The van der Waals surface area contributed by atoms with Crippen molar-refractivity contribution in [3.8, 4) is 17.2 Å². The smallest absolute Gasteiger partial charge is 0.270 e. The molecule has 4 aromatic rings. The second-order valence-corrected chi connectivity index (χ2v) is 10.6. The summed E-state index contributed by atoms with van der Waals surface area (Å²) in [5.74, 6) is 2.25. The second-order valence-electron chi connectivity index (χ2n) is 9.66. The third kappa shape index (κ3) is 7.37. The van der Waals surface area contributed by atoms with Gasteiger partial charge in [-0.3, -0.25) is 9.69 Å². The fourth-order valence-corrected chi connectivity index (χ4v) is 5.05. The Hall–Kier alpha value is -3.88. The minimum absolute atomic E-state index is 0.116. The van der Waals surface area contributed by atoms with Gasteiger partial charge in [0.1, 0.15) is 23.1 Å². The molecule has 1 unspecified atom stereocenters. The zero-order valence-electron chi connectivity index (χ0n) is 22.3. The maximum absolute atomic E-state index is 12.6. The summed E-state index contributed by atoms with van der Waals surface area (Å²) in [6.45, 7) is 6.85. The number of nitrogens with one attached hydrogen (secondary N) is 1. The van der Waals surface area contributed by atoms with Crippen molar-refractivity contribution in [2.75, 3.05) is 6.79 Å². The Balaban J connectivity index is 1.27. The fourth-order valence-electron chi connectivity index (χ4n) is 4.23. The van der Waals surface area contributed by atoms with Crippen molar-refractivity contribution in [2.45, 2.75) is 52.6 Å². The van der Waals surface area contributed by atoms with Gasteiger partial charge in [0.25, 0.3) is 5.91 Å². The largest absolute Gasteiger partial charge is 0.489 e. The van der Waals surface area contributed by atoms with Crippen LogP contribution in [-0.2, 0) is 26.2 Å². The maximum atomic E-state index is 12.6. The number of rotatable bonds is 12. The minimum Gasteiger partial charge on any atom is -0.489 e. The first-order valence-electron chi connectivity index (χ1n) is 13.2. The number of aromatic nitrogens is 1. The minimum atomic E-state index is -0.125.